The lowest BCUT2D eigenvalue weighted by atomic mass is 9.88. The van der Waals surface area contributed by atoms with Gasteiger partial charge in [0.1, 0.15) is 0 Å². The molecule has 0 aliphatic carbocycles. The highest BCUT2D eigenvalue weighted by Gasteiger charge is 2.11. The molecule has 0 aromatic heterocycles. The second-order valence-electron chi connectivity index (χ2n) is 5.28. The Hall–Kier alpha value is -1.50. The minimum atomic E-state index is 0.668. The topological polar surface area (TPSA) is 12.0 Å². The van der Waals surface area contributed by atoms with E-state index >= 15 is 0 Å². The first-order valence-corrected chi connectivity index (χ1v) is 8.82. The molecule has 0 aliphatic heterocycles. The van der Waals surface area contributed by atoms with Crippen LogP contribution >= 0.6 is 0 Å². The molecule has 1 rings (SSSR count). The first-order valence-electron chi connectivity index (χ1n) is 8.82. The number of benzene rings is 1. The van der Waals surface area contributed by atoms with Gasteiger partial charge in [-0.2, -0.15) is 0 Å². The van der Waals surface area contributed by atoms with Gasteiger partial charge in [-0.15, -0.1) is 0 Å². The van der Waals surface area contributed by atoms with Crippen LogP contribution in [0.5, 0.6) is 0 Å². The molecule has 0 unspecified atom stereocenters. The van der Waals surface area contributed by atoms with Gasteiger partial charge in [-0.25, -0.2) is 0 Å². The third-order valence-corrected chi connectivity index (χ3v) is 3.87. The lowest BCUT2D eigenvalue weighted by Gasteiger charge is -2.17. The van der Waals surface area contributed by atoms with E-state index in [4.69, 9.17) is 0 Å². The number of allylic oxidation sites excluding steroid dienone is 3. The van der Waals surface area contributed by atoms with Crippen LogP contribution in [-0.2, 0) is 0 Å². The molecule has 0 radical (unpaired) electrons. The molecule has 124 valence electrons. The smallest absolute Gasteiger partial charge is 0.00411 e. The van der Waals surface area contributed by atoms with Gasteiger partial charge in [-0.05, 0) is 54.4 Å². The van der Waals surface area contributed by atoms with E-state index in [-0.39, 0.29) is 0 Å². The number of nitrogens with one attached hydrogen (secondary N) is 1. The summed E-state index contributed by atoms with van der Waals surface area (Å²) in [5, 5.41) is 3.15. The van der Waals surface area contributed by atoms with Crippen molar-refractivity contribution in [3.63, 3.8) is 0 Å². The molecular formula is C21H35N. The van der Waals surface area contributed by atoms with Gasteiger partial charge in [-0.3, -0.25) is 0 Å². The summed E-state index contributed by atoms with van der Waals surface area (Å²) >= 11 is 0. The summed E-state index contributed by atoms with van der Waals surface area (Å²) in [6, 6.07) is 6.85. The summed E-state index contributed by atoms with van der Waals surface area (Å²) < 4.78 is 0. The van der Waals surface area contributed by atoms with E-state index < -0.39 is 0 Å². The predicted molar refractivity (Wildman–Crippen MR) is 102 cm³/mol. The fourth-order valence-corrected chi connectivity index (χ4v) is 2.62. The minimum absolute atomic E-state index is 0.668. The number of hydrogen-bond acceptors (Lipinski definition) is 1. The van der Waals surface area contributed by atoms with Crippen LogP contribution in [0.4, 0.5) is 0 Å². The van der Waals surface area contributed by atoms with Crippen LogP contribution in [0.15, 0.2) is 36.6 Å². The molecule has 1 aromatic carbocycles. The molecule has 1 aromatic rings. The van der Waals surface area contributed by atoms with Crippen molar-refractivity contribution in [2.75, 3.05) is 7.05 Å². The third-order valence-electron chi connectivity index (χ3n) is 3.87. The van der Waals surface area contributed by atoms with Crippen LogP contribution in [0.3, 0.4) is 0 Å². The van der Waals surface area contributed by atoms with Gasteiger partial charge in [0.05, 0.1) is 0 Å². The van der Waals surface area contributed by atoms with Gasteiger partial charge in [0.2, 0.25) is 0 Å². The van der Waals surface area contributed by atoms with E-state index in [0.717, 1.165) is 6.42 Å². The fraction of sp³-hybridized carbons (Fsp3) is 0.524. The lowest BCUT2D eigenvalue weighted by Crippen LogP contribution is -2.01. The highest BCUT2D eigenvalue weighted by molar-refractivity contribution is 5.74. The number of hydrogen-bond donors (Lipinski definition) is 1. The van der Waals surface area contributed by atoms with E-state index in [2.05, 4.69) is 69.6 Å². The average molecular weight is 302 g/mol. The van der Waals surface area contributed by atoms with Crippen molar-refractivity contribution >= 4 is 5.57 Å². The van der Waals surface area contributed by atoms with Crippen molar-refractivity contribution in [2.24, 2.45) is 0 Å². The lowest BCUT2D eigenvalue weighted by molar-refractivity contribution is 0.638. The van der Waals surface area contributed by atoms with Crippen LogP contribution < -0.4 is 5.32 Å². The van der Waals surface area contributed by atoms with Crippen molar-refractivity contribution < 1.29 is 0 Å². The summed E-state index contributed by atoms with van der Waals surface area (Å²) in [5.74, 6) is 0.668. The van der Waals surface area contributed by atoms with Crippen LogP contribution in [-0.4, -0.2) is 7.05 Å². The molecule has 22 heavy (non-hydrogen) atoms. The maximum Gasteiger partial charge on any atom is 0.00411 e. The molecule has 0 spiro atoms. The molecule has 0 fully saturated rings. The van der Waals surface area contributed by atoms with Crippen LogP contribution in [0.25, 0.3) is 5.57 Å². The zero-order chi connectivity index (χ0) is 17.0. The minimum Gasteiger partial charge on any atom is -0.393 e. The van der Waals surface area contributed by atoms with Gasteiger partial charge in [0.15, 0.2) is 0 Å². The maximum absolute atomic E-state index is 3.15. The Morgan fingerprint density at radius 3 is 2.27 bits per heavy atom. The number of rotatable bonds is 7. The van der Waals surface area contributed by atoms with E-state index in [1.54, 1.807) is 0 Å². The predicted octanol–water partition coefficient (Wildman–Crippen LogP) is 6.45. The Morgan fingerprint density at radius 1 is 1.14 bits per heavy atom. The van der Waals surface area contributed by atoms with Gasteiger partial charge in [0.25, 0.3) is 0 Å². The standard InChI is InChI=1S/C19H29N.C2H6/c1-6-9-10-18(14-20-5)17-12-11-15(4)19(13-17)16(7-2)8-3;1-2/h9-14,16,20H,6-8H2,1-5H3;1-2H3/b10-9?,18-14+;. The molecule has 0 aliphatic rings. The molecule has 0 heterocycles. The van der Waals surface area contributed by atoms with Crippen molar-refractivity contribution in [2.45, 2.75) is 66.7 Å². The fourth-order valence-electron chi connectivity index (χ4n) is 2.62. The van der Waals surface area contributed by atoms with Gasteiger partial charge in [0, 0.05) is 13.2 Å². The van der Waals surface area contributed by atoms with E-state index in [0.29, 0.717) is 5.92 Å². The van der Waals surface area contributed by atoms with Crippen LogP contribution in [0, 0.1) is 6.92 Å². The Morgan fingerprint density at radius 2 is 1.77 bits per heavy atom. The quantitative estimate of drug-likeness (QED) is 0.570. The molecular weight excluding hydrogens is 266 g/mol. The number of aryl methyl sites for hydroxylation is 1. The average Bonchev–Trinajstić information content (AvgIpc) is 2.56. The molecule has 0 saturated carbocycles. The normalized spacial score (nSPS) is 11.5. The van der Waals surface area contributed by atoms with Gasteiger partial charge >= 0.3 is 0 Å². The van der Waals surface area contributed by atoms with Gasteiger partial charge in [-0.1, -0.05) is 65.0 Å². The van der Waals surface area contributed by atoms with Crippen molar-refractivity contribution in [1.82, 2.24) is 5.32 Å². The summed E-state index contributed by atoms with van der Waals surface area (Å²) in [7, 11) is 1.95. The van der Waals surface area contributed by atoms with Crippen LogP contribution in [0.1, 0.15) is 76.5 Å². The van der Waals surface area contributed by atoms with Crippen molar-refractivity contribution in [3.05, 3.63) is 53.2 Å². The van der Waals surface area contributed by atoms with Crippen LogP contribution in [0.2, 0.25) is 0 Å². The highest BCUT2D eigenvalue weighted by atomic mass is 14.8. The highest BCUT2D eigenvalue weighted by Crippen LogP contribution is 2.29. The van der Waals surface area contributed by atoms with Gasteiger partial charge < -0.3 is 5.32 Å². The van der Waals surface area contributed by atoms with Crippen molar-refractivity contribution in [3.8, 4) is 0 Å². The largest absolute Gasteiger partial charge is 0.393 e. The van der Waals surface area contributed by atoms with Crippen molar-refractivity contribution in [1.29, 1.82) is 0 Å². The third kappa shape index (κ3) is 6.09. The van der Waals surface area contributed by atoms with E-state index in [1.165, 1.54) is 35.1 Å². The SMILES string of the molecule is CC.CCC=C/C(=C\NC)c1ccc(C)c(C(CC)CC)c1. The first kappa shape index (κ1) is 20.5. The monoisotopic (exact) mass is 301 g/mol. The summed E-state index contributed by atoms with van der Waals surface area (Å²) in [4.78, 5) is 0. The Labute approximate surface area is 138 Å². The first-order chi connectivity index (χ1) is 10.7. The molecule has 0 atom stereocenters. The molecule has 1 nitrogen and oxygen atoms in total. The Balaban J connectivity index is 0.00000211. The Bertz CT molecular complexity index is 465. The van der Waals surface area contributed by atoms with E-state index in [9.17, 15) is 0 Å². The molecule has 1 N–H and O–H groups in total. The molecule has 0 saturated heterocycles. The maximum atomic E-state index is 3.15. The zero-order valence-electron chi connectivity index (χ0n) is 15.7. The Kier molecular flexibility index (Phi) is 11.3. The summed E-state index contributed by atoms with van der Waals surface area (Å²) in [6.07, 6.45) is 9.96. The second-order valence-corrected chi connectivity index (χ2v) is 5.28. The molecule has 0 amide bonds. The summed E-state index contributed by atoms with van der Waals surface area (Å²) in [5.41, 5.74) is 5.46. The molecule has 1 heteroatoms. The summed E-state index contributed by atoms with van der Waals surface area (Å²) in [6.45, 7) is 12.9. The second kappa shape index (κ2) is 12.1. The molecule has 0 bridgehead atoms. The zero-order valence-corrected chi connectivity index (χ0v) is 15.7. The van der Waals surface area contributed by atoms with E-state index in [1.807, 2.05) is 20.9 Å².